The van der Waals surface area contributed by atoms with Crippen LogP contribution in [0.3, 0.4) is 0 Å². The fourth-order valence-corrected chi connectivity index (χ4v) is 1.51. The number of likely N-dealkylation sites (N-methyl/N-ethyl adjacent to an activating group) is 2. The van der Waals surface area contributed by atoms with E-state index in [0.717, 1.165) is 12.3 Å². The third-order valence-corrected chi connectivity index (χ3v) is 2.44. The van der Waals surface area contributed by atoms with Crippen LogP contribution in [0, 0.1) is 10.1 Å². The van der Waals surface area contributed by atoms with Gasteiger partial charge in [-0.2, -0.15) is 0 Å². The van der Waals surface area contributed by atoms with Gasteiger partial charge in [0.25, 0.3) is 0 Å². The third kappa shape index (κ3) is 3.64. The number of carbonyl (C=O) groups excluding carboxylic acids is 1. The maximum Gasteiger partial charge on any atom is 0.342 e. The van der Waals surface area contributed by atoms with Crippen LogP contribution in [0.5, 0.6) is 0 Å². The monoisotopic (exact) mass is 282 g/mol. The van der Waals surface area contributed by atoms with Gasteiger partial charge in [0.1, 0.15) is 17.6 Å². The number of hydrogen-bond donors (Lipinski definition) is 2. The lowest BCUT2D eigenvalue weighted by Gasteiger charge is -2.17. The van der Waals surface area contributed by atoms with Crippen molar-refractivity contribution in [2.45, 2.75) is 6.92 Å². The molecule has 2 N–H and O–H groups in total. The highest BCUT2D eigenvalue weighted by Gasteiger charge is 2.22. The van der Waals surface area contributed by atoms with Crippen LogP contribution in [0.25, 0.3) is 0 Å². The summed E-state index contributed by atoms with van der Waals surface area (Å²) in [5.41, 5.74) is -1.06. The molecule has 0 atom stereocenters. The molecule has 0 saturated carbocycles. The van der Waals surface area contributed by atoms with E-state index in [1.807, 2.05) is 0 Å². The number of carboxylic acids is 1. The first kappa shape index (κ1) is 15.3. The number of pyridine rings is 1. The Kier molecular flexibility index (Phi) is 4.95. The van der Waals surface area contributed by atoms with E-state index in [1.54, 1.807) is 6.92 Å². The molecule has 0 fully saturated rings. The fourth-order valence-electron chi connectivity index (χ4n) is 1.51. The molecule has 1 heterocycles. The predicted molar refractivity (Wildman–Crippen MR) is 69.8 cm³/mol. The second-order valence-electron chi connectivity index (χ2n) is 3.93. The van der Waals surface area contributed by atoms with E-state index in [9.17, 15) is 19.7 Å². The molecule has 0 bridgehead atoms. The van der Waals surface area contributed by atoms with Crippen molar-refractivity contribution >= 4 is 23.4 Å². The first-order valence-corrected chi connectivity index (χ1v) is 5.72. The molecular weight excluding hydrogens is 268 g/mol. The summed E-state index contributed by atoms with van der Waals surface area (Å²) in [5.74, 6) is -1.52. The molecule has 9 heteroatoms. The summed E-state index contributed by atoms with van der Waals surface area (Å²) >= 11 is 0. The smallest absolute Gasteiger partial charge is 0.342 e. The summed E-state index contributed by atoms with van der Waals surface area (Å²) in [7, 11) is 1.54. The van der Waals surface area contributed by atoms with E-state index in [4.69, 9.17) is 5.11 Å². The molecule has 0 radical (unpaired) electrons. The second kappa shape index (κ2) is 6.45. The van der Waals surface area contributed by atoms with Gasteiger partial charge in [-0.15, -0.1) is 0 Å². The van der Waals surface area contributed by atoms with Gasteiger partial charge in [-0.1, -0.05) is 0 Å². The molecular formula is C11H14N4O5. The Labute approximate surface area is 114 Å². The molecule has 0 aliphatic carbocycles. The van der Waals surface area contributed by atoms with Crippen LogP contribution in [0.1, 0.15) is 17.3 Å². The van der Waals surface area contributed by atoms with Gasteiger partial charge in [0.15, 0.2) is 0 Å². The number of aromatic nitrogens is 1. The average molecular weight is 282 g/mol. The maximum absolute atomic E-state index is 11.4. The number of aromatic carboxylic acids is 1. The zero-order valence-electron chi connectivity index (χ0n) is 11.0. The fraction of sp³-hybridized carbons (Fsp3) is 0.364. The lowest BCUT2D eigenvalue weighted by atomic mass is 10.2. The molecule has 0 unspecified atom stereocenters. The molecule has 20 heavy (non-hydrogen) atoms. The second-order valence-corrected chi connectivity index (χ2v) is 3.93. The molecule has 0 aliphatic rings. The Morgan fingerprint density at radius 2 is 2.20 bits per heavy atom. The Hall–Kier alpha value is -2.71. The molecule has 9 nitrogen and oxygen atoms in total. The van der Waals surface area contributed by atoms with E-state index in [2.05, 4.69) is 10.3 Å². The van der Waals surface area contributed by atoms with E-state index in [0.29, 0.717) is 6.54 Å². The van der Waals surface area contributed by atoms with Crippen LogP contribution < -0.4 is 10.2 Å². The van der Waals surface area contributed by atoms with Crippen LogP contribution >= 0.6 is 0 Å². The molecule has 1 rings (SSSR count). The van der Waals surface area contributed by atoms with Gasteiger partial charge in [-0.05, 0) is 6.92 Å². The first-order chi connectivity index (χ1) is 9.36. The quantitative estimate of drug-likeness (QED) is 0.566. The van der Waals surface area contributed by atoms with Crippen molar-refractivity contribution in [1.29, 1.82) is 0 Å². The van der Waals surface area contributed by atoms with Crippen molar-refractivity contribution < 1.29 is 19.6 Å². The number of anilines is 1. The van der Waals surface area contributed by atoms with Crippen molar-refractivity contribution in [3.05, 3.63) is 27.9 Å². The Morgan fingerprint density at radius 1 is 1.55 bits per heavy atom. The van der Waals surface area contributed by atoms with E-state index >= 15 is 0 Å². The van der Waals surface area contributed by atoms with Crippen LogP contribution in [0.2, 0.25) is 0 Å². The van der Waals surface area contributed by atoms with Gasteiger partial charge in [0, 0.05) is 19.7 Å². The number of nitro groups is 1. The number of carbonyl (C=O) groups is 2. The van der Waals surface area contributed by atoms with Crippen molar-refractivity contribution in [2.75, 3.05) is 25.0 Å². The van der Waals surface area contributed by atoms with Crippen LogP contribution in [-0.4, -0.2) is 47.0 Å². The Balaban J connectivity index is 3.02. The van der Waals surface area contributed by atoms with E-state index in [-0.39, 0.29) is 18.3 Å². The maximum atomic E-state index is 11.4. The number of nitrogens with one attached hydrogen (secondary N) is 1. The lowest BCUT2D eigenvalue weighted by molar-refractivity contribution is -0.385. The first-order valence-electron chi connectivity index (χ1n) is 5.72. The molecule has 0 aliphatic heterocycles. The van der Waals surface area contributed by atoms with Crippen molar-refractivity contribution in [3.63, 3.8) is 0 Å². The van der Waals surface area contributed by atoms with E-state index < -0.39 is 22.1 Å². The number of amides is 1. The van der Waals surface area contributed by atoms with Crippen LogP contribution in [0.15, 0.2) is 12.3 Å². The van der Waals surface area contributed by atoms with Gasteiger partial charge in [-0.3, -0.25) is 14.9 Å². The molecule has 0 saturated heterocycles. The van der Waals surface area contributed by atoms with Gasteiger partial charge in [0.2, 0.25) is 5.91 Å². The van der Waals surface area contributed by atoms with Crippen LogP contribution in [-0.2, 0) is 4.79 Å². The summed E-state index contributed by atoms with van der Waals surface area (Å²) in [5, 5.41) is 22.2. The predicted octanol–water partition coefficient (Wildman–Crippen LogP) is 0.260. The molecule has 1 aromatic rings. The minimum atomic E-state index is -1.42. The highest BCUT2D eigenvalue weighted by molar-refractivity contribution is 5.93. The molecule has 0 spiro atoms. The summed E-state index contributed by atoms with van der Waals surface area (Å²) in [4.78, 5) is 37.5. The number of nitrogens with zero attached hydrogens (tertiary/aromatic N) is 3. The normalized spacial score (nSPS) is 9.90. The average Bonchev–Trinajstić information content (AvgIpc) is 2.37. The Bertz CT molecular complexity index is 546. The van der Waals surface area contributed by atoms with Gasteiger partial charge < -0.3 is 15.3 Å². The molecule has 1 aromatic heterocycles. The van der Waals surface area contributed by atoms with Gasteiger partial charge in [0.05, 0.1) is 11.5 Å². The molecule has 0 aromatic carbocycles. The van der Waals surface area contributed by atoms with Gasteiger partial charge >= 0.3 is 11.7 Å². The number of rotatable bonds is 6. The van der Waals surface area contributed by atoms with Crippen molar-refractivity contribution in [3.8, 4) is 0 Å². The largest absolute Gasteiger partial charge is 0.477 e. The SMILES string of the molecule is CCNC(=O)CN(C)c1cc(C(=O)O)c([N+](=O)[O-])cn1. The Morgan fingerprint density at radius 3 is 2.70 bits per heavy atom. The van der Waals surface area contributed by atoms with E-state index in [1.165, 1.54) is 11.9 Å². The molecule has 1 amide bonds. The minimum absolute atomic E-state index is 0.0300. The zero-order valence-corrected chi connectivity index (χ0v) is 11.0. The summed E-state index contributed by atoms with van der Waals surface area (Å²) in [6, 6.07) is 1.07. The number of carboxylic acid groups (broad SMARTS) is 1. The van der Waals surface area contributed by atoms with Gasteiger partial charge in [-0.25, -0.2) is 9.78 Å². The number of hydrogen-bond acceptors (Lipinski definition) is 6. The standard InChI is InChI=1S/C11H14N4O5/c1-3-12-10(16)6-14(2)9-4-7(11(17)18)8(5-13-9)15(19)20/h4-5H,3,6H2,1-2H3,(H,12,16)(H,17,18). The summed E-state index contributed by atoms with van der Waals surface area (Å²) < 4.78 is 0. The third-order valence-electron chi connectivity index (χ3n) is 2.44. The topological polar surface area (TPSA) is 126 Å². The van der Waals surface area contributed by atoms with Crippen molar-refractivity contribution in [2.24, 2.45) is 0 Å². The highest BCUT2D eigenvalue weighted by Crippen LogP contribution is 2.21. The zero-order chi connectivity index (χ0) is 15.3. The van der Waals surface area contributed by atoms with Crippen molar-refractivity contribution in [1.82, 2.24) is 10.3 Å². The highest BCUT2D eigenvalue weighted by atomic mass is 16.6. The summed E-state index contributed by atoms with van der Waals surface area (Å²) in [6.07, 6.45) is 0.868. The minimum Gasteiger partial charge on any atom is -0.477 e. The lowest BCUT2D eigenvalue weighted by Crippen LogP contribution is -2.35. The van der Waals surface area contributed by atoms with Crippen LogP contribution in [0.4, 0.5) is 11.5 Å². The summed E-state index contributed by atoms with van der Waals surface area (Å²) in [6.45, 7) is 2.21. The molecule has 108 valence electrons.